The third-order valence-electron chi connectivity index (χ3n) is 5.95. The minimum atomic E-state index is -4.04. The number of carbonyl (C=O) groups excluding carboxylic acids is 1. The fourth-order valence-electron chi connectivity index (χ4n) is 4.04. The zero-order chi connectivity index (χ0) is 26.4. The number of nitrogens with one attached hydrogen (secondary N) is 2. The van der Waals surface area contributed by atoms with E-state index in [4.69, 9.17) is 0 Å². The van der Waals surface area contributed by atoms with E-state index in [-0.39, 0.29) is 28.9 Å². The zero-order valence-corrected chi connectivity index (χ0v) is 21.0. The van der Waals surface area contributed by atoms with E-state index in [1.165, 1.54) is 18.4 Å². The molecule has 0 unspecified atom stereocenters. The number of aromatic amines is 1. The number of fused-ring (bicyclic) bond motifs is 1. The van der Waals surface area contributed by atoms with E-state index in [0.717, 1.165) is 23.8 Å². The molecular formula is C26H25F2N3O4S. The largest absolute Gasteiger partial charge is 0.331 e. The van der Waals surface area contributed by atoms with Gasteiger partial charge in [-0.2, -0.15) is 0 Å². The third-order valence-corrected chi connectivity index (χ3v) is 7.66. The van der Waals surface area contributed by atoms with Gasteiger partial charge in [0.2, 0.25) is 10.0 Å². The van der Waals surface area contributed by atoms with Crippen molar-refractivity contribution in [3.8, 4) is 11.1 Å². The van der Waals surface area contributed by atoms with Crippen molar-refractivity contribution in [3.05, 3.63) is 93.0 Å². The Hall–Kier alpha value is -3.79. The molecule has 0 aliphatic carbocycles. The van der Waals surface area contributed by atoms with E-state index in [1.54, 1.807) is 37.3 Å². The third kappa shape index (κ3) is 4.68. The van der Waals surface area contributed by atoms with Gasteiger partial charge < -0.3 is 9.55 Å². The zero-order valence-electron chi connectivity index (χ0n) is 20.1. The molecule has 0 fully saturated rings. The predicted octanol–water partition coefficient (Wildman–Crippen LogP) is 4.41. The van der Waals surface area contributed by atoms with Gasteiger partial charge in [-0.05, 0) is 70.2 Å². The number of aromatic nitrogens is 2. The van der Waals surface area contributed by atoms with Crippen LogP contribution in [-0.2, 0) is 16.6 Å². The summed E-state index contributed by atoms with van der Waals surface area (Å²) in [5.74, 6) is -2.34. The second kappa shape index (κ2) is 9.34. The number of benzene rings is 2. The highest BCUT2D eigenvalue weighted by Gasteiger charge is 2.29. The van der Waals surface area contributed by atoms with E-state index >= 15 is 0 Å². The van der Waals surface area contributed by atoms with Gasteiger partial charge in [0, 0.05) is 33.3 Å². The SMILES string of the molecule is Cc1ccc2c(c1)c(-c1ccc(C)[nH]c1=O)c(C(=O)NS(=O)(=O)C(C)C)n2Cc1cc(F)ccc1F. The van der Waals surface area contributed by atoms with Crippen molar-refractivity contribution in [1.82, 2.24) is 14.3 Å². The standard InChI is InChI=1S/C26H25F2N3O4S/c1-14(2)36(34,35)30-26(33)24-23(19-8-6-16(4)29-25(19)32)20-11-15(3)5-10-22(20)31(24)13-17-12-18(27)7-9-21(17)28/h5-12,14H,13H2,1-4H3,(H,29,32)(H,30,33). The van der Waals surface area contributed by atoms with E-state index in [9.17, 15) is 26.8 Å². The molecule has 0 radical (unpaired) electrons. The molecule has 10 heteroatoms. The van der Waals surface area contributed by atoms with Gasteiger partial charge in [0.15, 0.2) is 0 Å². The van der Waals surface area contributed by atoms with E-state index in [2.05, 4.69) is 9.71 Å². The predicted molar refractivity (Wildman–Crippen MR) is 134 cm³/mol. The molecule has 7 nitrogen and oxygen atoms in total. The van der Waals surface area contributed by atoms with Crippen LogP contribution >= 0.6 is 0 Å². The number of hydrogen-bond acceptors (Lipinski definition) is 4. The molecule has 4 aromatic rings. The number of aryl methyl sites for hydroxylation is 2. The van der Waals surface area contributed by atoms with E-state index in [0.29, 0.717) is 16.6 Å². The smallest absolute Gasteiger partial charge is 0.282 e. The van der Waals surface area contributed by atoms with Crippen LogP contribution in [0, 0.1) is 25.5 Å². The molecule has 2 aromatic heterocycles. The molecule has 0 saturated heterocycles. The minimum Gasteiger partial charge on any atom is -0.331 e. The van der Waals surface area contributed by atoms with Crippen molar-refractivity contribution in [2.75, 3.05) is 0 Å². The van der Waals surface area contributed by atoms with Crippen LogP contribution < -0.4 is 10.3 Å². The quantitative estimate of drug-likeness (QED) is 0.399. The monoisotopic (exact) mass is 513 g/mol. The lowest BCUT2D eigenvalue weighted by atomic mass is 10.0. The molecule has 0 aliphatic rings. The molecule has 4 rings (SSSR count). The first-order valence-corrected chi connectivity index (χ1v) is 12.8. The van der Waals surface area contributed by atoms with Crippen LogP contribution in [0.2, 0.25) is 0 Å². The summed E-state index contributed by atoms with van der Waals surface area (Å²) in [4.78, 5) is 29.2. The van der Waals surface area contributed by atoms with Crippen molar-refractivity contribution in [2.45, 2.75) is 39.5 Å². The van der Waals surface area contributed by atoms with Crippen molar-refractivity contribution < 1.29 is 22.0 Å². The second-order valence-electron chi connectivity index (χ2n) is 8.98. The maximum absolute atomic E-state index is 14.6. The Labute approximate surface area is 206 Å². The second-order valence-corrected chi connectivity index (χ2v) is 11.2. The van der Waals surface area contributed by atoms with Crippen molar-refractivity contribution in [3.63, 3.8) is 0 Å². The number of rotatable bonds is 6. The lowest BCUT2D eigenvalue weighted by Gasteiger charge is -2.15. The highest BCUT2D eigenvalue weighted by atomic mass is 32.2. The number of halogens is 2. The number of amides is 1. The molecule has 0 aliphatic heterocycles. The minimum absolute atomic E-state index is 0.0439. The Bertz CT molecular complexity index is 1670. The Balaban J connectivity index is 2.09. The van der Waals surface area contributed by atoms with Crippen LogP contribution in [0.1, 0.15) is 41.2 Å². The molecule has 0 spiro atoms. The van der Waals surface area contributed by atoms with Gasteiger partial charge in [-0.25, -0.2) is 21.9 Å². The van der Waals surface area contributed by atoms with Gasteiger partial charge in [0.05, 0.1) is 11.8 Å². The number of nitrogens with zero attached hydrogens (tertiary/aromatic N) is 1. The van der Waals surface area contributed by atoms with E-state index < -0.39 is 38.4 Å². The van der Waals surface area contributed by atoms with Crippen LogP contribution in [-0.4, -0.2) is 29.1 Å². The summed E-state index contributed by atoms with van der Waals surface area (Å²) >= 11 is 0. The number of carbonyl (C=O) groups is 1. The molecule has 0 atom stereocenters. The lowest BCUT2D eigenvalue weighted by molar-refractivity contribution is 0.0973. The summed E-state index contributed by atoms with van der Waals surface area (Å²) in [5.41, 5.74) is 1.53. The van der Waals surface area contributed by atoms with Gasteiger partial charge in [-0.1, -0.05) is 11.6 Å². The Morgan fingerprint density at radius 3 is 2.44 bits per heavy atom. The maximum Gasteiger partial charge on any atom is 0.282 e. The summed E-state index contributed by atoms with van der Waals surface area (Å²) in [6.45, 7) is 6.09. The van der Waals surface area contributed by atoms with Gasteiger partial charge in [0.25, 0.3) is 11.5 Å². The molecule has 2 aromatic carbocycles. The van der Waals surface area contributed by atoms with Gasteiger partial charge in [-0.15, -0.1) is 0 Å². The number of H-pyrrole nitrogens is 1. The summed E-state index contributed by atoms with van der Waals surface area (Å²) in [5, 5.41) is -0.415. The first-order valence-electron chi connectivity index (χ1n) is 11.2. The van der Waals surface area contributed by atoms with Gasteiger partial charge in [-0.3, -0.25) is 9.59 Å². The molecular weight excluding hydrogens is 488 g/mol. The summed E-state index contributed by atoms with van der Waals surface area (Å²) in [7, 11) is -4.04. The van der Waals surface area contributed by atoms with Crippen molar-refractivity contribution in [2.24, 2.45) is 0 Å². The number of sulfonamides is 1. The van der Waals surface area contributed by atoms with Crippen molar-refractivity contribution in [1.29, 1.82) is 0 Å². The first-order chi connectivity index (χ1) is 16.9. The fourth-order valence-corrected chi connectivity index (χ4v) is 4.63. The molecule has 2 heterocycles. The fraction of sp³-hybridized carbons (Fsp3) is 0.231. The van der Waals surface area contributed by atoms with Crippen LogP contribution in [0.25, 0.3) is 22.0 Å². The summed E-state index contributed by atoms with van der Waals surface area (Å²) in [6, 6.07) is 11.4. The molecule has 0 bridgehead atoms. The van der Waals surface area contributed by atoms with E-state index in [1.807, 2.05) is 6.92 Å². The van der Waals surface area contributed by atoms with Crippen LogP contribution in [0.5, 0.6) is 0 Å². The lowest BCUT2D eigenvalue weighted by Crippen LogP contribution is -2.37. The van der Waals surface area contributed by atoms with Crippen LogP contribution in [0.4, 0.5) is 8.78 Å². The van der Waals surface area contributed by atoms with Gasteiger partial charge in [0.1, 0.15) is 17.3 Å². The maximum atomic E-state index is 14.6. The summed E-state index contributed by atoms with van der Waals surface area (Å²) in [6.07, 6.45) is 0. The highest BCUT2D eigenvalue weighted by Crippen LogP contribution is 2.35. The van der Waals surface area contributed by atoms with Gasteiger partial charge >= 0.3 is 0 Å². The normalized spacial score (nSPS) is 11.9. The molecule has 0 saturated carbocycles. The molecule has 1 amide bonds. The number of pyridine rings is 1. The molecule has 36 heavy (non-hydrogen) atoms. The number of hydrogen-bond donors (Lipinski definition) is 2. The average molecular weight is 514 g/mol. The van der Waals surface area contributed by atoms with Crippen LogP contribution in [0.3, 0.4) is 0 Å². The topological polar surface area (TPSA) is 101 Å². The Morgan fingerprint density at radius 1 is 1.06 bits per heavy atom. The Morgan fingerprint density at radius 2 is 1.78 bits per heavy atom. The molecule has 2 N–H and O–H groups in total. The molecule has 188 valence electrons. The van der Waals surface area contributed by atoms with Crippen LogP contribution in [0.15, 0.2) is 53.3 Å². The summed E-state index contributed by atoms with van der Waals surface area (Å²) < 4.78 is 57.3. The first kappa shape index (κ1) is 25.3. The highest BCUT2D eigenvalue weighted by molar-refractivity contribution is 7.90. The average Bonchev–Trinajstić information content (AvgIpc) is 3.09. The Kier molecular flexibility index (Phi) is 6.57. The van der Waals surface area contributed by atoms with Crippen molar-refractivity contribution >= 4 is 26.8 Å².